The molecule has 7 nitrogen and oxygen atoms in total. The van der Waals surface area contributed by atoms with Gasteiger partial charge in [0.25, 0.3) is 0 Å². The van der Waals surface area contributed by atoms with E-state index in [1.165, 1.54) is 11.1 Å². The average molecular weight is 451 g/mol. The number of hydrogen-bond acceptors (Lipinski definition) is 4. The van der Waals surface area contributed by atoms with E-state index in [1.54, 1.807) is 4.90 Å². The Balaban J connectivity index is 1.25. The fourth-order valence-corrected chi connectivity index (χ4v) is 4.51. The van der Waals surface area contributed by atoms with Crippen molar-refractivity contribution >= 4 is 18.0 Å². The van der Waals surface area contributed by atoms with E-state index in [-0.39, 0.29) is 49.9 Å². The summed E-state index contributed by atoms with van der Waals surface area (Å²) in [6.07, 6.45) is 2.05. The second-order valence-electron chi connectivity index (χ2n) is 8.87. The highest BCUT2D eigenvalue weighted by molar-refractivity contribution is 5.79. The van der Waals surface area contributed by atoms with Gasteiger partial charge in [-0.3, -0.25) is 9.59 Å². The highest BCUT2D eigenvalue weighted by Crippen LogP contribution is 2.44. The first kappa shape index (κ1) is 22.8. The van der Waals surface area contributed by atoms with Gasteiger partial charge in [-0.2, -0.15) is 0 Å². The summed E-state index contributed by atoms with van der Waals surface area (Å²) in [5, 5.41) is 11.7. The molecular formula is C26H30N2O5. The minimum atomic E-state index is -0.904. The fraction of sp³-hybridized carbons (Fsp3) is 0.423. The number of nitrogens with one attached hydrogen (secondary N) is 1. The molecule has 0 radical (unpaired) electrons. The summed E-state index contributed by atoms with van der Waals surface area (Å²) in [6.45, 7) is 2.33. The number of carboxylic acid groups (broad SMARTS) is 1. The average Bonchev–Trinajstić information content (AvgIpc) is 3.58. The molecule has 1 fully saturated rings. The molecule has 2 aromatic carbocycles. The second-order valence-corrected chi connectivity index (χ2v) is 8.87. The van der Waals surface area contributed by atoms with Crippen LogP contribution in [0.25, 0.3) is 11.1 Å². The molecule has 0 aromatic heterocycles. The van der Waals surface area contributed by atoms with E-state index in [9.17, 15) is 14.4 Å². The van der Waals surface area contributed by atoms with E-state index in [0.717, 1.165) is 24.0 Å². The number of carbonyl (C=O) groups is 3. The number of aliphatic carboxylic acids is 1. The molecule has 2 N–H and O–H groups in total. The van der Waals surface area contributed by atoms with Crippen LogP contribution in [0.4, 0.5) is 4.79 Å². The van der Waals surface area contributed by atoms with Crippen LogP contribution in [0.1, 0.15) is 56.1 Å². The van der Waals surface area contributed by atoms with E-state index in [1.807, 2.05) is 31.2 Å². The summed E-state index contributed by atoms with van der Waals surface area (Å²) < 4.78 is 5.57. The van der Waals surface area contributed by atoms with Crippen LogP contribution in [0.3, 0.4) is 0 Å². The molecule has 4 rings (SSSR count). The Hall–Kier alpha value is -3.35. The Morgan fingerprint density at radius 2 is 1.64 bits per heavy atom. The Bertz CT molecular complexity index is 987. The van der Waals surface area contributed by atoms with Gasteiger partial charge in [0, 0.05) is 31.0 Å². The Morgan fingerprint density at radius 1 is 1.03 bits per heavy atom. The van der Waals surface area contributed by atoms with E-state index in [0.29, 0.717) is 6.42 Å². The van der Waals surface area contributed by atoms with Gasteiger partial charge in [-0.05, 0) is 48.4 Å². The first-order chi connectivity index (χ1) is 15.9. The van der Waals surface area contributed by atoms with Crippen molar-refractivity contribution in [2.24, 2.45) is 0 Å². The molecule has 0 aliphatic heterocycles. The van der Waals surface area contributed by atoms with Gasteiger partial charge in [0.2, 0.25) is 5.91 Å². The highest BCUT2D eigenvalue weighted by Gasteiger charge is 2.32. The van der Waals surface area contributed by atoms with Crippen molar-refractivity contribution in [2.75, 3.05) is 13.2 Å². The predicted octanol–water partition coefficient (Wildman–Crippen LogP) is 4.16. The second kappa shape index (κ2) is 10.1. The van der Waals surface area contributed by atoms with E-state index in [4.69, 9.17) is 9.84 Å². The van der Waals surface area contributed by atoms with Gasteiger partial charge < -0.3 is 20.1 Å². The molecule has 1 saturated carbocycles. The van der Waals surface area contributed by atoms with Gasteiger partial charge >= 0.3 is 12.1 Å². The predicted molar refractivity (Wildman–Crippen MR) is 124 cm³/mol. The van der Waals surface area contributed by atoms with Crippen LogP contribution in [-0.2, 0) is 14.3 Å². The summed E-state index contributed by atoms with van der Waals surface area (Å²) in [4.78, 5) is 37.5. The maximum absolute atomic E-state index is 12.5. The third-order valence-electron chi connectivity index (χ3n) is 6.37. The molecule has 0 heterocycles. The van der Waals surface area contributed by atoms with Crippen molar-refractivity contribution in [3.63, 3.8) is 0 Å². The molecule has 0 bridgehead atoms. The van der Waals surface area contributed by atoms with Crippen molar-refractivity contribution in [1.29, 1.82) is 0 Å². The highest BCUT2D eigenvalue weighted by atomic mass is 16.5. The van der Waals surface area contributed by atoms with Gasteiger partial charge in [-0.25, -0.2) is 4.79 Å². The molecule has 2 amide bonds. The molecule has 1 atom stereocenters. The van der Waals surface area contributed by atoms with Crippen LogP contribution < -0.4 is 5.32 Å². The van der Waals surface area contributed by atoms with E-state index < -0.39 is 12.1 Å². The minimum Gasteiger partial charge on any atom is -0.481 e. The van der Waals surface area contributed by atoms with Crippen molar-refractivity contribution in [3.8, 4) is 11.1 Å². The van der Waals surface area contributed by atoms with E-state index >= 15 is 0 Å². The fourth-order valence-electron chi connectivity index (χ4n) is 4.51. The molecule has 0 spiro atoms. The summed E-state index contributed by atoms with van der Waals surface area (Å²) in [5.41, 5.74) is 4.67. The van der Waals surface area contributed by atoms with Gasteiger partial charge in [0.05, 0.1) is 6.42 Å². The lowest BCUT2D eigenvalue weighted by molar-refractivity contribution is -0.138. The molecule has 1 unspecified atom stereocenters. The van der Waals surface area contributed by atoms with Crippen LogP contribution >= 0.6 is 0 Å². The third kappa shape index (κ3) is 5.53. The Morgan fingerprint density at radius 3 is 2.21 bits per heavy atom. The van der Waals surface area contributed by atoms with Gasteiger partial charge in [-0.15, -0.1) is 0 Å². The maximum atomic E-state index is 12.5. The smallest absolute Gasteiger partial charge is 0.407 e. The van der Waals surface area contributed by atoms with Gasteiger partial charge in [0.15, 0.2) is 0 Å². The zero-order valence-electron chi connectivity index (χ0n) is 18.8. The third-order valence-corrected chi connectivity index (χ3v) is 6.37. The molecule has 7 heteroatoms. The number of benzene rings is 2. The van der Waals surface area contributed by atoms with Crippen LogP contribution in [0.2, 0.25) is 0 Å². The quantitative estimate of drug-likeness (QED) is 0.567. The van der Waals surface area contributed by atoms with Crippen molar-refractivity contribution in [3.05, 3.63) is 59.7 Å². The molecular weight excluding hydrogens is 420 g/mol. The van der Waals surface area contributed by atoms with Gasteiger partial charge in [-0.1, -0.05) is 48.5 Å². The van der Waals surface area contributed by atoms with Crippen molar-refractivity contribution < 1.29 is 24.2 Å². The Labute approximate surface area is 193 Å². The standard InChI is InChI=1S/C26H30N2O5/c1-17(10-13-24(29)28(18-11-12-18)15-14-25(30)31)27-26(32)33-16-23-21-8-4-2-6-19(21)20-7-3-5-9-22(20)23/h2-9,17-18,23H,10-16H2,1H3,(H,27,32)(H,30,31). The molecule has 2 aromatic rings. The number of carbonyl (C=O) groups excluding carboxylic acids is 2. The number of amides is 2. The summed E-state index contributed by atoms with van der Waals surface area (Å²) in [6, 6.07) is 16.3. The SMILES string of the molecule is CC(CCC(=O)N(CCC(=O)O)C1CC1)NC(=O)OCC1c2ccccc2-c2ccccc21. The lowest BCUT2D eigenvalue weighted by Gasteiger charge is -2.23. The molecule has 2 aliphatic rings. The maximum Gasteiger partial charge on any atom is 0.407 e. The molecule has 0 saturated heterocycles. The largest absolute Gasteiger partial charge is 0.481 e. The summed E-state index contributed by atoms with van der Waals surface area (Å²) in [5.74, 6) is -0.958. The number of ether oxygens (including phenoxy) is 1. The van der Waals surface area contributed by atoms with E-state index in [2.05, 4.69) is 29.6 Å². The van der Waals surface area contributed by atoms with Crippen LogP contribution in [0, 0.1) is 0 Å². The number of nitrogens with zero attached hydrogens (tertiary/aromatic N) is 1. The first-order valence-corrected chi connectivity index (χ1v) is 11.6. The topological polar surface area (TPSA) is 95.9 Å². The van der Waals surface area contributed by atoms with Gasteiger partial charge in [0.1, 0.15) is 6.61 Å². The normalized spacial score (nSPS) is 15.3. The lowest BCUT2D eigenvalue weighted by atomic mass is 9.98. The van der Waals surface area contributed by atoms with Crippen LogP contribution in [0.15, 0.2) is 48.5 Å². The number of rotatable bonds is 10. The molecule has 33 heavy (non-hydrogen) atoms. The molecule has 2 aliphatic carbocycles. The monoisotopic (exact) mass is 450 g/mol. The number of hydrogen-bond donors (Lipinski definition) is 2. The molecule has 174 valence electrons. The first-order valence-electron chi connectivity index (χ1n) is 11.6. The Kier molecular flexibility index (Phi) is 6.96. The zero-order chi connectivity index (χ0) is 23.4. The summed E-state index contributed by atoms with van der Waals surface area (Å²) in [7, 11) is 0. The zero-order valence-corrected chi connectivity index (χ0v) is 18.8. The van der Waals surface area contributed by atoms with Crippen molar-refractivity contribution in [1.82, 2.24) is 10.2 Å². The number of carboxylic acids is 1. The number of fused-ring (bicyclic) bond motifs is 3. The number of alkyl carbamates (subject to hydrolysis) is 1. The van der Waals surface area contributed by atoms with Crippen molar-refractivity contribution in [2.45, 2.75) is 57.0 Å². The summed E-state index contributed by atoms with van der Waals surface area (Å²) >= 11 is 0. The van der Waals surface area contributed by atoms with Crippen LogP contribution in [0.5, 0.6) is 0 Å². The minimum absolute atomic E-state index is 0.00127. The van der Waals surface area contributed by atoms with Crippen LogP contribution in [-0.4, -0.2) is 53.2 Å². The lowest BCUT2D eigenvalue weighted by Crippen LogP contribution is -2.37.